The largest absolute Gasteiger partial charge is 0.478 e. The lowest BCUT2D eigenvalue weighted by atomic mass is 10.2. The molecule has 5 nitrogen and oxygen atoms in total. The van der Waals surface area contributed by atoms with Gasteiger partial charge in [-0.05, 0) is 40.1 Å². The zero-order valence-electron chi connectivity index (χ0n) is 11.6. The van der Waals surface area contributed by atoms with Crippen LogP contribution in [0.3, 0.4) is 0 Å². The van der Waals surface area contributed by atoms with E-state index in [0.29, 0.717) is 5.82 Å². The third-order valence-electron chi connectivity index (χ3n) is 2.81. The quantitative estimate of drug-likeness (QED) is 0.832. The van der Waals surface area contributed by atoms with Crippen LogP contribution in [0.1, 0.15) is 23.7 Å². The van der Waals surface area contributed by atoms with E-state index in [4.69, 9.17) is 16.7 Å². The van der Waals surface area contributed by atoms with Crippen LogP contribution in [0.4, 0.5) is 5.82 Å². The topological polar surface area (TPSA) is 56.7 Å². The summed E-state index contributed by atoms with van der Waals surface area (Å²) in [7, 11) is 4.05. The molecule has 19 heavy (non-hydrogen) atoms. The van der Waals surface area contributed by atoms with Gasteiger partial charge >= 0.3 is 5.97 Å². The Kier molecular flexibility index (Phi) is 6.05. The lowest BCUT2D eigenvalue weighted by molar-refractivity contribution is 0.0697. The number of carbonyl (C=O) groups is 1. The number of pyridine rings is 1. The number of nitrogens with zero attached hydrogens (tertiary/aromatic N) is 3. The van der Waals surface area contributed by atoms with Crippen molar-refractivity contribution in [3.8, 4) is 0 Å². The van der Waals surface area contributed by atoms with E-state index in [2.05, 4.69) is 9.88 Å². The zero-order chi connectivity index (χ0) is 14.4. The minimum atomic E-state index is -1.03. The number of carboxylic acids is 1. The molecule has 106 valence electrons. The van der Waals surface area contributed by atoms with Gasteiger partial charge in [0.25, 0.3) is 0 Å². The first-order chi connectivity index (χ1) is 8.95. The Bertz CT molecular complexity index is 438. The standard InChI is InChI=1S/C13H20ClN3O2/c1-4-17(7-5-6-16(2)3)12-8-10(13(18)19)11(14)9-15-12/h8-9H,4-7H2,1-3H3,(H,18,19). The highest BCUT2D eigenvalue weighted by molar-refractivity contribution is 6.33. The molecule has 1 N–H and O–H groups in total. The molecule has 0 aromatic carbocycles. The lowest BCUT2D eigenvalue weighted by Crippen LogP contribution is -2.28. The average molecular weight is 286 g/mol. The number of carboxylic acid groups (broad SMARTS) is 1. The van der Waals surface area contributed by atoms with Gasteiger partial charge in [-0.2, -0.15) is 0 Å². The molecule has 0 unspecified atom stereocenters. The maximum Gasteiger partial charge on any atom is 0.337 e. The van der Waals surface area contributed by atoms with Gasteiger partial charge < -0.3 is 14.9 Å². The summed E-state index contributed by atoms with van der Waals surface area (Å²) in [6.07, 6.45) is 2.39. The number of anilines is 1. The summed E-state index contributed by atoms with van der Waals surface area (Å²) >= 11 is 5.82. The predicted octanol–water partition coefficient (Wildman–Crippen LogP) is 2.21. The molecule has 0 saturated heterocycles. The van der Waals surface area contributed by atoms with Crippen LogP contribution >= 0.6 is 11.6 Å². The number of hydrogen-bond donors (Lipinski definition) is 1. The first kappa shape index (κ1) is 15.7. The van der Waals surface area contributed by atoms with Crippen molar-refractivity contribution in [2.75, 3.05) is 38.6 Å². The highest BCUT2D eigenvalue weighted by atomic mass is 35.5. The van der Waals surface area contributed by atoms with Crippen molar-refractivity contribution in [2.45, 2.75) is 13.3 Å². The number of aromatic nitrogens is 1. The summed E-state index contributed by atoms with van der Waals surface area (Å²) in [5.41, 5.74) is 0.0951. The Hall–Kier alpha value is -1.33. The molecule has 0 aliphatic heterocycles. The summed E-state index contributed by atoms with van der Waals surface area (Å²) in [5.74, 6) is -0.374. The maximum absolute atomic E-state index is 11.1. The van der Waals surface area contributed by atoms with Gasteiger partial charge in [0.1, 0.15) is 5.82 Å². The van der Waals surface area contributed by atoms with E-state index in [1.807, 2.05) is 25.9 Å². The minimum absolute atomic E-state index is 0.0951. The molecule has 1 aromatic rings. The van der Waals surface area contributed by atoms with E-state index < -0.39 is 5.97 Å². The Labute approximate surface area is 118 Å². The van der Waals surface area contributed by atoms with Gasteiger partial charge in [-0.15, -0.1) is 0 Å². The summed E-state index contributed by atoms with van der Waals surface area (Å²) in [4.78, 5) is 19.4. The summed E-state index contributed by atoms with van der Waals surface area (Å²) in [5, 5.41) is 9.22. The predicted molar refractivity (Wildman–Crippen MR) is 77.3 cm³/mol. The van der Waals surface area contributed by atoms with Crippen molar-refractivity contribution in [1.29, 1.82) is 0 Å². The number of aromatic carboxylic acids is 1. The number of rotatable bonds is 7. The van der Waals surface area contributed by atoms with Gasteiger partial charge in [0, 0.05) is 19.3 Å². The Balaban J connectivity index is 2.81. The molecule has 0 amide bonds. The van der Waals surface area contributed by atoms with Crippen molar-refractivity contribution in [2.24, 2.45) is 0 Å². The van der Waals surface area contributed by atoms with Gasteiger partial charge in [0.05, 0.1) is 10.6 Å². The van der Waals surface area contributed by atoms with Crippen LogP contribution in [-0.2, 0) is 0 Å². The van der Waals surface area contributed by atoms with E-state index >= 15 is 0 Å². The lowest BCUT2D eigenvalue weighted by Gasteiger charge is -2.23. The van der Waals surface area contributed by atoms with Crippen LogP contribution in [0.2, 0.25) is 5.02 Å². The molecule has 0 atom stereocenters. The van der Waals surface area contributed by atoms with Crippen LogP contribution in [0.25, 0.3) is 0 Å². The Morgan fingerprint density at radius 3 is 2.63 bits per heavy atom. The third kappa shape index (κ3) is 4.69. The average Bonchev–Trinajstić information content (AvgIpc) is 2.35. The van der Waals surface area contributed by atoms with E-state index in [1.165, 1.54) is 12.3 Å². The summed E-state index contributed by atoms with van der Waals surface area (Å²) in [6, 6.07) is 1.53. The van der Waals surface area contributed by atoms with E-state index in [0.717, 1.165) is 26.1 Å². The molecule has 0 bridgehead atoms. The second-order valence-corrected chi connectivity index (χ2v) is 4.97. The van der Waals surface area contributed by atoms with Crippen LogP contribution in [0, 0.1) is 0 Å². The SMILES string of the molecule is CCN(CCCN(C)C)c1cc(C(=O)O)c(Cl)cn1. The van der Waals surface area contributed by atoms with Crippen LogP contribution in [0.15, 0.2) is 12.3 Å². The molecule has 1 heterocycles. The van der Waals surface area contributed by atoms with Gasteiger partial charge in [0.2, 0.25) is 0 Å². The highest BCUT2D eigenvalue weighted by Crippen LogP contribution is 2.20. The fraction of sp³-hybridized carbons (Fsp3) is 0.538. The van der Waals surface area contributed by atoms with E-state index in [9.17, 15) is 4.79 Å². The minimum Gasteiger partial charge on any atom is -0.478 e. The smallest absolute Gasteiger partial charge is 0.337 e. The van der Waals surface area contributed by atoms with Crippen molar-refractivity contribution in [1.82, 2.24) is 9.88 Å². The Morgan fingerprint density at radius 1 is 1.42 bits per heavy atom. The monoisotopic (exact) mass is 285 g/mol. The second-order valence-electron chi connectivity index (χ2n) is 4.56. The fourth-order valence-corrected chi connectivity index (χ4v) is 1.96. The maximum atomic E-state index is 11.1. The zero-order valence-corrected chi connectivity index (χ0v) is 12.3. The second kappa shape index (κ2) is 7.31. The first-order valence-corrected chi connectivity index (χ1v) is 6.62. The van der Waals surface area contributed by atoms with Crippen molar-refractivity contribution in [3.05, 3.63) is 22.8 Å². The normalized spacial score (nSPS) is 10.8. The van der Waals surface area contributed by atoms with E-state index in [-0.39, 0.29) is 10.6 Å². The van der Waals surface area contributed by atoms with Gasteiger partial charge in [-0.3, -0.25) is 0 Å². The molecular formula is C13H20ClN3O2. The Morgan fingerprint density at radius 2 is 2.11 bits per heavy atom. The summed E-state index contributed by atoms with van der Waals surface area (Å²) < 4.78 is 0. The van der Waals surface area contributed by atoms with Gasteiger partial charge in [-0.1, -0.05) is 11.6 Å². The van der Waals surface area contributed by atoms with Crippen LogP contribution < -0.4 is 4.90 Å². The van der Waals surface area contributed by atoms with Gasteiger partial charge in [0.15, 0.2) is 0 Å². The third-order valence-corrected chi connectivity index (χ3v) is 3.11. The molecule has 0 aliphatic carbocycles. The molecular weight excluding hydrogens is 266 g/mol. The highest BCUT2D eigenvalue weighted by Gasteiger charge is 2.13. The number of hydrogen-bond acceptors (Lipinski definition) is 4. The molecule has 0 saturated carbocycles. The summed E-state index contributed by atoms with van der Waals surface area (Å²) in [6.45, 7) is 4.62. The number of halogens is 1. The molecule has 0 fully saturated rings. The van der Waals surface area contributed by atoms with Crippen LogP contribution in [-0.4, -0.2) is 54.7 Å². The van der Waals surface area contributed by atoms with Gasteiger partial charge in [-0.25, -0.2) is 9.78 Å². The molecule has 0 radical (unpaired) electrons. The molecule has 0 spiro atoms. The van der Waals surface area contributed by atoms with E-state index in [1.54, 1.807) is 0 Å². The van der Waals surface area contributed by atoms with Crippen molar-refractivity contribution in [3.63, 3.8) is 0 Å². The molecule has 1 aromatic heterocycles. The first-order valence-electron chi connectivity index (χ1n) is 6.24. The molecule has 0 aliphatic rings. The fourth-order valence-electron chi connectivity index (χ4n) is 1.78. The van der Waals surface area contributed by atoms with Crippen LogP contribution in [0.5, 0.6) is 0 Å². The molecule has 1 rings (SSSR count). The van der Waals surface area contributed by atoms with Crippen molar-refractivity contribution < 1.29 is 9.90 Å². The van der Waals surface area contributed by atoms with Crippen molar-refractivity contribution >= 4 is 23.4 Å². The molecule has 6 heteroatoms.